The van der Waals surface area contributed by atoms with Crippen molar-refractivity contribution in [1.29, 1.82) is 0 Å². The Morgan fingerprint density at radius 3 is 2.71 bits per heavy atom. The predicted molar refractivity (Wildman–Crippen MR) is 53.1 cm³/mol. The molecule has 78 valence electrons. The van der Waals surface area contributed by atoms with Gasteiger partial charge in [-0.15, -0.1) is 0 Å². The van der Waals surface area contributed by atoms with Crippen molar-refractivity contribution < 1.29 is 9.32 Å². The molecule has 0 atom stereocenters. The average molecular weight is 196 g/mol. The third kappa shape index (κ3) is 2.58. The number of nitrogens with zero attached hydrogens (tertiary/aromatic N) is 1. The Morgan fingerprint density at radius 1 is 1.64 bits per heavy atom. The molecule has 1 amide bonds. The molecule has 14 heavy (non-hydrogen) atoms. The van der Waals surface area contributed by atoms with Crippen molar-refractivity contribution in [2.24, 2.45) is 0 Å². The Kier molecular flexibility index (Phi) is 2.93. The largest absolute Gasteiger partial charge is 0.361 e. The highest BCUT2D eigenvalue weighted by Crippen LogP contribution is 2.09. The molecule has 0 bridgehead atoms. The fourth-order valence-electron chi connectivity index (χ4n) is 0.933. The van der Waals surface area contributed by atoms with Crippen LogP contribution >= 0.6 is 0 Å². The van der Waals surface area contributed by atoms with Crippen LogP contribution in [0.2, 0.25) is 0 Å². The predicted octanol–water partition coefficient (Wildman–Crippen LogP) is 1.90. The SMILES string of the molecule is CCC(C)(C)NC(=O)c1cc(C)on1. The standard InChI is InChI=1S/C10H16N2O2/c1-5-10(3,4)11-9(13)8-6-7(2)14-12-8/h6H,5H2,1-4H3,(H,11,13). The summed E-state index contributed by atoms with van der Waals surface area (Å²) in [6.07, 6.45) is 0.871. The second-order valence-corrected chi connectivity index (χ2v) is 4.01. The first kappa shape index (κ1) is 10.8. The number of aryl methyl sites for hydroxylation is 1. The van der Waals surface area contributed by atoms with Gasteiger partial charge in [0.15, 0.2) is 5.69 Å². The topological polar surface area (TPSA) is 55.1 Å². The lowest BCUT2D eigenvalue weighted by molar-refractivity contribution is 0.0902. The quantitative estimate of drug-likeness (QED) is 0.803. The van der Waals surface area contributed by atoms with Gasteiger partial charge in [0, 0.05) is 11.6 Å². The van der Waals surface area contributed by atoms with E-state index in [4.69, 9.17) is 4.52 Å². The first-order chi connectivity index (χ1) is 6.44. The van der Waals surface area contributed by atoms with E-state index in [-0.39, 0.29) is 11.4 Å². The number of carbonyl (C=O) groups is 1. The Labute approximate surface area is 83.7 Å². The van der Waals surface area contributed by atoms with Crippen LogP contribution in [0, 0.1) is 6.92 Å². The zero-order valence-corrected chi connectivity index (χ0v) is 9.05. The van der Waals surface area contributed by atoms with E-state index < -0.39 is 0 Å². The Bertz CT molecular complexity index is 329. The van der Waals surface area contributed by atoms with Gasteiger partial charge in [0.25, 0.3) is 5.91 Å². The highest BCUT2D eigenvalue weighted by atomic mass is 16.5. The molecule has 4 heteroatoms. The molecule has 0 aliphatic rings. The van der Waals surface area contributed by atoms with Gasteiger partial charge in [0.05, 0.1) is 0 Å². The first-order valence-corrected chi connectivity index (χ1v) is 4.70. The summed E-state index contributed by atoms with van der Waals surface area (Å²) in [4.78, 5) is 11.6. The molecule has 4 nitrogen and oxygen atoms in total. The summed E-state index contributed by atoms with van der Waals surface area (Å²) in [6, 6.07) is 1.63. The summed E-state index contributed by atoms with van der Waals surface area (Å²) in [5.74, 6) is 0.457. The van der Waals surface area contributed by atoms with Crippen LogP contribution in [0.3, 0.4) is 0 Å². The number of hydrogen-bond acceptors (Lipinski definition) is 3. The van der Waals surface area contributed by atoms with Crippen molar-refractivity contribution in [3.8, 4) is 0 Å². The smallest absolute Gasteiger partial charge is 0.273 e. The summed E-state index contributed by atoms with van der Waals surface area (Å²) < 4.78 is 4.82. The molecular formula is C10H16N2O2. The van der Waals surface area contributed by atoms with E-state index in [1.165, 1.54) is 0 Å². The van der Waals surface area contributed by atoms with E-state index in [9.17, 15) is 4.79 Å². The minimum absolute atomic E-state index is 0.186. The summed E-state index contributed by atoms with van der Waals surface area (Å²) in [5, 5.41) is 6.52. The van der Waals surface area contributed by atoms with E-state index in [0.717, 1.165) is 6.42 Å². The third-order valence-electron chi connectivity index (χ3n) is 2.20. The molecule has 0 fully saturated rings. The molecular weight excluding hydrogens is 180 g/mol. The zero-order valence-electron chi connectivity index (χ0n) is 9.05. The molecule has 0 saturated carbocycles. The van der Waals surface area contributed by atoms with Gasteiger partial charge in [0.2, 0.25) is 0 Å². The monoisotopic (exact) mass is 196 g/mol. The maximum atomic E-state index is 11.6. The molecule has 0 aliphatic carbocycles. The Morgan fingerprint density at radius 2 is 2.29 bits per heavy atom. The summed E-state index contributed by atoms with van der Waals surface area (Å²) in [5.41, 5.74) is 0.133. The summed E-state index contributed by atoms with van der Waals surface area (Å²) in [6.45, 7) is 7.72. The normalized spacial score (nSPS) is 11.4. The second-order valence-electron chi connectivity index (χ2n) is 4.01. The molecule has 1 aromatic heterocycles. The molecule has 0 radical (unpaired) electrons. The van der Waals surface area contributed by atoms with Crippen molar-refractivity contribution in [1.82, 2.24) is 10.5 Å². The van der Waals surface area contributed by atoms with Crippen molar-refractivity contribution in [2.75, 3.05) is 0 Å². The van der Waals surface area contributed by atoms with Gasteiger partial charge < -0.3 is 9.84 Å². The minimum atomic E-state index is -0.204. The second kappa shape index (κ2) is 3.82. The van der Waals surface area contributed by atoms with E-state index >= 15 is 0 Å². The van der Waals surface area contributed by atoms with Crippen LogP contribution in [-0.2, 0) is 0 Å². The first-order valence-electron chi connectivity index (χ1n) is 4.70. The summed E-state index contributed by atoms with van der Waals surface area (Å²) in [7, 11) is 0. The van der Waals surface area contributed by atoms with E-state index in [1.807, 2.05) is 20.8 Å². The van der Waals surface area contributed by atoms with Crippen LogP contribution in [-0.4, -0.2) is 16.6 Å². The molecule has 1 heterocycles. The zero-order chi connectivity index (χ0) is 10.8. The third-order valence-corrected chi connectivity index (χ3v) is 2.20. The van der Waals surface area contributed by atoms with E-state index in [1.54, 1.807) is 13.0 Å². The minimum Gasteiger partial charge on any atom is -0.361 e. The maximum Gasteiger partial charge on any atom is 0.273 e. The lowest BCUT2D eigenvalue weighted by atomic mass is 10.0. The number of aromatic nitrogens is 1. The maximum absolute atomic E-state index is 11.6. The number of hydrogen-bond donors (Lipinski definition) is 1. The molecule has 0 unspecified atom stereocenters. The van der Waals surface area contributed by atoms with Gasteiger partial charge in [-0.2, -0.15) is 0 Å². The van der Waals surface area contributed by atoms with Crippen LogP contribution in [0.5, 0.6) is 0 Å². The number of amides is 1. The highest BCUT2D eigenvalue weighted by molar-refractivity contribution is 5.92. The van der Waals surface area contributed by atoms with Gasteiger partial charge in [-0.05, 0) is 27.2 Å². The highest BCUT2D eigenvalue weighted by Gasteiger charge is 2.20. The fourth-order valence-corrected chi connectivity index (χ4v) is 0.933. The Balaban J connectivity index is 2.68. The number of rotatable bonds is 3. The fraction of sp³-hybridized carbons (Fsp3) is 0.600. The number of nitrogens with one attached hydrogen (secondary N) is 1. The van der Waals surface area contributed by atoms with E-state index in [0.29, 0.717) is 11.5 Å². The van der Waals surface area contributed by atoms with Gasteiger partial charge in [-0.25, -0.2) is 0 Å². The van der Waals surface area contributed by atoms with E-state index in [2.05, 4.69) is 10.5 Å². The molecule has 1 rings (SSSR count). The molecule has 0 spiro atoms. The van der Waals surface area contributed by atoms with Crippen LogP contribution < -0.4 is 5.32 Å². The molecule has 0 saturated heterocycles. The van der Waals surface area contributed by atoms with Crippen LogP contribution in [0.4, 0.5) is 0 Å². The van der Waals surface area contributed by atoms with Crippen molar-refractivity contribution in [2.45, 2.75) is 39.7 Å². The van der Waals surface area contributed by atoms with Gasteiger partial charge in [-0.3, -0.25) is 4.79 Å². The van der Waals surface area contributed by atoms with Crippen LogP contribution in [0.1, 0.15) is 43.4 Å². The molecule has 1 N–H and O–H groups in total. The average Bonchev–Trinajstić information content (AvgIpc) is 2.51. The van der Waals surface area contributed by atoms with Crippen LogP contribution in [0.25, 0.3) is 0 Å². The lowest BCUT2D eigenvalue weighted by Gasteiger charge is -2.23. The Hall–Kier alpha value is -1.32. The molecule has 0 aliphatic heterocycles. The molecule has 0 aromatic carbocycles. The van der Waals surface area contributed by atoms with Crippen molar-refractivity contribution >= 4 is 5.91 Å². The van der Waals surface area contributed by atoms with Crippen molar-refractivity contribution in [3.63, 3.8) is 0 Å². The van der Waals surface area contributed by atoms with Crippen molar-refractivity contribution in [3.05, 3.63) is 17.5 Å². The lowest BCUT2D eigenvalue weighted by Crippen LogP contribution is -2.42. The van der Waals surface area contributed by atoms with Gasteiger partial charge in [0.1, 0.15) is 5.76 Å². The summed E-state index contributed by atoms with van der Waals surface area (Å²) >= 11 is 0. The van der Waals surface area contributed by atoms with Gasteiger partial charge >= 0.3 is 0 Å². The molecule has 1 aromatic rings. The van der Waals surface area contributed by atoms with Crippen LogP contribution in [0.15, 0.2) is 10.6 Å². The number of carbonyl (C=O) groups excluding carboxylic acids is 1. The van der Waals surface area contributed by atoms with Gasteiger partial charge in [-0.1, -0.05) is 12.1 Å².